The molecule has 1 atom stereocenters. The molecule has 1 saturated heterocycles. The Bertz CT molecular complexity index is 752. The van der Waals surface area contributed by atoms with Crippen LogP contribution in [-0.4, -0.2) is 39.9 Å². The lowest BCUT2D eigenvalue weighted by atomic mass is 9.95. The van der Waals surface area contributed by atoms with E-state index in [1.165, 1.54) is 4.88 Å². The van der Waals surface area contributed by atoms with Gasteiger partial charge in [-0.3, -0.25) is 5.10 Å². The molecule has 0 aromatic carbocycles. The summed E-state index contributed by atoms with van der Waals surface area (Å²) in [5.41, 5.74) is 0.503. The van der Waals surface area contributed by atoms with Crippen LogP contribution < -0.4 is 5.32 Å². The smallest absolute Gasteiger partial charge is 0.410 e. The molecule has 0 aliphatic carbocycles. The van der Waals surface area contributed by atoms with E-state index < -0.39 is 5.60 Å². The van der Waals surface area contributed by atoms with E-state index in [1.807, 2.05) is 39.0 Å². The topological polar surface area (TPSA) is 70.2 Å². The van der Waals surface area contributed by atoms with Gasteiger partial charge in [0.25, 0.3) is 0 Å². The molecule has 142 valence electrons. The van der Waals surface area contributed by atoms with Crippen molar-refractivity contribution in [2.45, 2.75) is 51.7 Å². The third-order valence-corrected chi connectivity index (χ3v) is 5.40. The molecular formula is C18H25ClN4O2S. The van der Waals surface area contributed by atoms with E-state index in [4.69, 9.17) is 16.3 Å². The molecule has 6 nitrogen and oxygen atoms in total. The van der Waals surface area contributed by atoms with Crippen molar-refractivity contribution in [3.63, 3.8) is 0 Å². The van der Waals surface area contributed by atoms with Gasteiger partial charge in [0.15, 0.2) is 0 Å². The third-order valence-electron chi connectivity index (χ3n) is 4.17. The zero-order valence-electron chi connectivity index (χ0n) is 15.3. The first-order chi connectivity index (χ1) is 12.3. The molecule has 2 N–H and O–H groups in total. The van der Waals surface area contributed by atoms with Crippen LogP contribution in [0.4, 0.5) is 10.6 Å². The summed E-state index contributed by atoms with van der Waals surface area (Å²) in [6.07, 6.45) is 1.72. The van der Waals surface area contributed by atoms with Crippen LogP contribution in [0.25, 0.3) is 0 Å². The molecule has 0 radical (unpaired) electrons. The first-order valence-electron chi connectivity index (χ1n) is 8.81. The van der Waals surface area contributed by atoms with E-state index in [2.05, 4.69) is 15.5 Å². The molecule has 1 fully saturated rings. The van der Waals surface area contributed by atoms with Crippen LogP contribution in [0.2, 0.25) is 4.34 Å². The van der Waals surface area contributed by atoms with Crippen molar-refractivity contribution < 1.29 is 9.53 Å². The lowest BCUT2D eigenvalue weighted by molar-refractivity contribution is 0.0197. The van der Waals surface area contributed by atoms with Gasteiger partial charge in [-0.2, -0.15) is 5.10 Å². The molecule has 1 unspecified atom stereocenters. The van der Waals surface area contributed by atoms with E-state index >= 15 is 0 Å². The van der Waals surface area contributed by atoms with Crippen LogP contribution in [0.15, 0.2) is 18.2 Å². The molecule has 3 heterocycles. The number of H-pyrrole nitrogens is 1. The van der Waals surface area contributed by atoms with Gasteiger partial charge in [-0.05, 0) is 45.7 Å². The van der Waals surface area contributed by atoms with Crippen molar-refractivity contribution in [3.05, 3.63) is 33.1 Å². The second-order valence-corrected chi connectivity index (χ2v) is 9.33. The van der Waals surface area contributed by atoms with Crippen molar-refractivity contribution >= 4 is 34.8 Å². The highest BCUT2D eigenvalue weighted by Gasteiger charge is 2.29. The molecule has 2 aromatic heterocycles. The molecule has 2 aromatic rings. The standard InChI is InChI=1S/C18H25ClN4O2S/c1-18(2,3)25-17(24)23-8-4-5-12(11-23)14-9-16(22-21-14)20-10-13-6-7-15(19)26-13/h6-7,9,12H,4-5,8,10-11H2,1-3H3,(H2,20,21,22). The fraction of sp³-hybridized carbons (Fsp3) is 0.556. The average Bonchev–Trinajstić information content (AvgIpc) is 3.20. The second kappa shape index (κ2) is 7.88. The minimum atomic E-state index is -0.474. The summed E-state index contributed by atoms with van der Waals surface area (Å²) in [4.78, 5) is 15.3. The van der Waals surface area contributed by atoms with Crippen molar-refractivity contribution in [1.29, 1.82) is 0 Å². The molecular weight excluding hydrogens is 372 g/mol. The zero-order valence-corrected chi connectivity index (χ0v) is 16.9. The SMILES string of the molecule is CC(C)(C)OC(=O)N1CCCC(c2cc(NCc3ccc(Cl)s3)[nH]n2)C1. The van der Waals surface area contributed by atoms with E-state index in [1.54, 1.807) is 16.2 Å². The Morgan fingerprint density at radius 3 is 3.00 bits per heavy atom. The fourth-order valence-corrected chi connectivity index (χ4v) is 4.00. The molecule has 0 saturated carbocycles. The zero-order chi connectivity index (χ0) is 18.7. The van der Waals surface area contributed by atoms with Gasteiger partial charge in [-0.25, -0.2) is 4.79 Å². The monoisotopic (exact) mass is 396 g/mol. The highest BCUT2D eigenvalue weighted by atomic mass is 35.5. The predicted octanol–water partition coefficient (Wildman–Crippen LogP) is 4.85. The van der Waals surface area contributed by atoms with Crippen molar-refractivity contribution in [3.8, 4) is 0 Å². The number of hydrogen-bond acceptors (Lipinski definition) is 5. The van der Waals surface area contributed by atoms with Gasteiger partial charge >= 0.3 is 6.09 Å². The third kappa shape index (κ3) is 5.14. The van der Waals surface area contributed by atoms with Gasteiger partial charge in [0.1, 0.15) is 11.4 Å². The van der Waals surface area contributed by atoms with Crippen LogP contribution in [0, 0.1) is 0 Å². The lowest BCUT2D eigenvalue weighted by Crippen LogP contribution is -2.42. The molecule has 8 heteroatoms. The molecule has 1 aliphatic heterocycles. The molecule has 1 amide bonds. The highest BCUT2D eigenvalue weighted by molar-refractivity contribution is 7.16. The van der Waals surface area contributed by atoms with E-state index in [0.29, 0.717) is 13.1 Å². The number of ether oxygens (including phenoxy) is 1. The fourth-order valence-electron chi connectivity index (χ4n) is 2.98. The largest absolute Gasteiger partial charge is 0.444 e. The number of nitrogens with zero attached hydrogens (tertiary/aromatic N) is 2. The number of aromatic amines is 1. The molecule has 3 rings (SSSR count). The summed E-state index contributed by atoms with van der Waals surface area (Å²) >= 11 is 7.52. The van der Waals surface area contributed by atoms with Gasteiger partial charge < -0.3 is 15.0 Å². The van der Waals surface area contributed by atoms with Crippen molar-refractivity contribution in [1.82, 2.24) is 15.1 Å². The van der Waals surface area contributed by atoms with Crippen molar-refractivity contribution in [2.75, 3.05) is 18.4 Å². The van der Waals surface area contributed by atoms with Gasteiger partial charge in [0, 0.05) is 30.0 Å². The summed E-state index contributed by atoms with van der Waals surface area (Å²) in [7, 11) is 0. The van der Waals surface area contributed by atoms with Crippen LogP contribution in [0.5, 0.6) is 0 Å². The second-order valence-electron chi connectivity index (χ2n) is 7.53. The number of carbonyl (C=O) groups is 1. The number of rotatable bonds is 4. The van der Waals surface area contributed by atoms with E-state index in [0.717, 1.165) is 35.2 Å². The Kier molecular flexibility index (Phi) is 5.77. The number of thiophene rings is 1. The Balaban J connectivity index is 1.57. The van der Waals surface area contributed by atoms with Crippen LogP contribution in [-0.2, 0) is 11.3 Å². The Morgan fingerprint density at radius 1 is 1.50 bits per heavy atom. The van der Waals surface area contributed by atoms with Crippen LogP contribution in [0.3, 0.4) is 0 Å². The van der Waals surface area contributed by atoms with Gasteiger partial charge in [0.2, 0.25) is 0 Å². The summed E-state index contributed by atoms with van der Waals surface area (Å²) in [5.74, 6) is 1.10. The van der Waals surface area contributed by atoms with E-state index in [9.17, 15) is 4.79 Å². The van der Waals surface area contributed by atoms with Gasteiger partial charge in [0.05, 0.1) is 16.6 Å². The maximum Gasteiger partial charge on any atom is 0.410 e. The Labute approximate surface area is 162 Å². The Hall–Kier alpha value is -1.73. The number of amides is 1. The first kappa shape index (κ1) is 19.0. The highest BCUT2D eigenvalue weighted by Crippen LogP contribution is 2.28. The number of likely N-dealkylation sites (tertiary alicyclic amines) is 1. The number of aromatic nitrogens is 2. The molecule has 0 spiro atoms. The minimum Gasteiger partial charge on any atom is -0.444 e. The molecule has 1 aliphatic rings. The quantitative estimate of drug-likeness (QED) is 0.774. The Morgan fingerprint density at radius 2 is 2.31 bits per heavy atom. The van der Waals surface area contributed by atoms with Gasteiger partial charge in [-0.15, -0.1) is 11.3 Å². The summed E-state index contributed by atoms with van der Waals surface area (Å²) in [6.45, 7) is 7.74. The summed E-state index contributed by atoms with van der Waals surface area (Å²) in [6, 6.07) is 5.94. The maximum absolute atomic E-state index is 12.3. The first-order valence-corrected chi connectivity index (χ1v) is 10.0. The minimum absolute atomic E-state index is 0.222. The number of hydrogen-bond donors (Lipinski definition) is 2. The molecule has 26 heavy (non-hydrogen) atoms. The van der Waals surface area contributed by atoms with E-state index in [-0.39, 0.29) is 12.0 Å². The summed E-state index contributed by atoms with van der Waals surface area (Å²) < 4.78 is 6.28. The van der Waals surface area contributed by atoms with Crippen molar-refractivity contribution in [2.24, 2.45) is 0 Å². The number of anilines is 1. The maximum atomic E-state index is 12.3. The van der Waals surface area contributed by atoms with Crippen LogP contribution >= 0.6 is 22.9 Å². The summed E-state index contributed by atoms with van der Waals surface area (Å²) in [5, 5.41) is 10.8. The van der Waals surface area contributed by atoms with Crippen LogP contribution in [0.1, 0.15) is 50.1 Å². The number of nitrogens with one attached hydrogen (secondary N) is 2. The average molecular weight is 397 g/mol. The van der Waals surface area contributed by atoms with Gasteiger partial charge in [-0.1, -0.05) is 11.6 Å². The predicted molar refractivity (Wildman–Crippen MR) is 105 cm³/mol. The molecule has 0 bridgehead atoms. The normalized spacial score (nSPS) is 18.0. The number of piperidine rings is 1. The lowest BCUT2D eigenvalue weighted by Gasteiger charge is -2.33. The number of halogens is 1. The number of carbonyl (C=O) groups excluding carboxylic acids is 1.